The van der Waals surface area contributed by atoms with E-state index < -0.39 is 126 Å². The number of aromatic nitrogens is 1. The van der Waals surface area contributed by atoms with E-state index in [2.05, 4.69) is 50.0 Å². The lowest BCUT2D eigenvalue weighted by Crippen LogP contribution is -2.60. The first kappa shape index (κ1) is 86.7. The fraction of sp³-hybridized carbons (Fsp3) is 0.581. The largest absolute Gasteiger partial charge is 0.445 e. The predicted molar refractivity (Wildman–Crippen MR) is 401 cm³/mol. The van der Waals surface area contributed by atoms with Crippen molar-refractivity contribution in [2.45, 2.75) is 175 Å². The second-order valence-corrected chi connectivity index (χ2v) is 29.6. The Kier molecular flexibility index (Phi) is 35.4. The molecule has 1 aromatic heterocycles. The average molecular weight is 1500 g/mol. The molecule has 0 unspecified atom stereocenters. The molecule has 0 bridgehead atoms. The van der Waals surface area contributed by atoms with Crippen molar-refractivity contribution in [2.75, 3.05) is 78.2 Å². The number of nitrogens with two attached hydrogens (primary N) is 1. The van der Waals surface area contributed by atoms with Gasteiger partial charge in [0.15, 0.2) is 0 Å². The Labute approximate surface area is 625 Å². The number of rotatable bonds is 40. The third-order valence-electron chi connectivity index (χ3n) is 18.9. The number of hydrogen-bond donors (Lipinski definition) is 7. The van der Waals surface area contributed by atoms with Crippen molar-refractivity contribution in [3.05, 3.63) is 108 Å². The lowest BCUT2D eigenvalue weighted by atomic mass is 9.89. The van der Waals surface area contributed by atoms with E-state index in [9.17, 15) is 57.5 Å². The van der Waals surface area contributed by atoms with Crippen LogP contribution in [0.25, 0.3) is 0 Å². The van der Waals surface area contributed by atoms with E-state index in [1.54, 1.807) is 96.0 Å². The highest BCUT2D eigenvalue weighted by Crippen LogP contribution is 2.31. The molecule has 31 heteroatoms. The van der Waals surface area contributed by atoms with E-state index in [1.807, 2.05) is 56.5 Å². The molecule has 105 heavy (non-hydrogen) atoms. The molecule has 2 fully saturated rings. The van der Waals surface area contributed by atoms with Crippen LogP contribution in [0, 0.1) is 29.6 Å². The standard InChI is InChI=1S/C74H110N14O15S2/c1-16-48(10)65(56(101-14)39-61(93)88-35-23-27-55(88)66(102-15)49(11)67(94)80-54(71-76-34-37-105-71)38-50-24-20-19-21-25-50)83(12)72(98)63(46(6)7)82-70(97)64(47(8)9)84(13)74(100)103-40-51-28-30-52(31-29-51)78-68(95)53(26-22-33-77-73(75)99)79-69(96)62(45(4)5)81-57(89)41-104-36-32-60(92)87-43-85(58(90)17-2)42-86(44-87)59(91)18-3/h17-21,24-25,28-31,34,37,45-49,53-56,62-66H,2-3,16,22-23,26-27,32-33,35-36,38-44H2,1,4-15H3,(H,78,95)(H,79,96)(H,80,94)(H,81,89)(H,82,97)(H3,75,77,99)/t48-,49+,53-,54-,55-,56+,62-,63-,64-,65-,66+/m0/s1. The molecule has 0 saturated carbocycles. The number of carbonyl (C=O) groups is 12. The van der Waals surface area contributed by atoms with Gasteiger partial charge in [0, 0.05) is 70.8 Å². The van der Waals surface area contributed by atoms with Gasteiger partial charge >= 0.3 is 12.1 Å². The Balaban J connectivity index is 1.17. The number of carbonyl (C=O) groups excluding carboxylic acids is 12. The number of methoxy groups -OCH3 is 2. The Morgan fingerprint density at radius 3 is 1.93 bits per heavy atom. The van der Waals surface area contributed by atoms with Gasteiger partial charge in [0.05, 0.1) is 68.4 Å². The molecule has 29 nitrogen and oxygen atoms in total. The van der Waals surface area contributed by atoms with Gasteiger partial charge in [-0.1, -0.05) is 124 Å². The second-order valence-electron chi connectivity index (χ2n) is 27.6. The van der Waals surface area contributed by atoms with Crippen molar-refractivity contribution < 1.29 is 71.7 Å². The smallest absolute Gasteiger partial charge is 0.410 e. The molecule has 0 radical (unpaired) electrons. The lowest BCUT2D eigenvalue weighted by Gasteiger charge is -2.41. The van der Waals surface area contributed by atoms with Crippen LogP contribution in [0.15, 0.2) is 91.5 Å². The van der Waals surface area contributed by atoms with E-state index in [4.69, 9.17) is 19.9 Å². The summed E-state index contributed by atoms with van der Waals surface area (Å²) in [5, 5.41) is 19.5. The number of nitrogens with zero attached hydrogens (tertiary/aromatic N) is 7. The Morgan fingerprint density at radius 1 is 0.733 bits per heavy atom. The molecule has 2 aliphatic heterocycles. The number of likely N-dealkylation sites (N-methyl/N-ethyl adjacent to an activating group) is 2. The predicted octanol–water partition coefficient (Wildman–Crippen LogP) is 5.78. The molecule has 3 heterocycles. The number of thiazole rings is 1. The van der Waals surface area contributed by atoms with Gasteiger partial charge in [-0.3, -0.25) is 52.8 Å². The summed E-state index contributed by atoms with van der Waals surface area (Å²) < 4.78 is 17.9. The van der Waals surface area contributed by atoms with Gasteiger partial charge in [-0.05, 0) is 91.2 Å². The molecule has 5 rings (SSSR count). The molecule has 11 atom stereocenters. The maximum Gasteiger partial charge on any atom is 0.410 e. The van der Waals surface area contributed by atoms with Crippen molar-refractivity contribution in [1.29, 1.82) is 0 Å². The van der Waals surface area contributed by atoms with E-state index in [-0.39, 0.29) is 100 Å². The van der Waals surface area contributed by atoms with Gasteiger partial charge in [-0.2, -0.15) is 11.8 Å². The molecular weight excluding hydrogens is 1390 g/mol. The van der Waals surface area contributed by atoms with E-state index in [0.717, 1.165) is 34.5 Å². The Bertz CT molecular complexity index is 3390. The minimum atomic E-state index is -1.16. The first-order chi connectivity index (χ1) is 49.9. The highest BCUT2D eigenvalue weighted by Gasteiger charge is 2.44. The third-order valence-corrected chi connectivity index (χ3v) is 20.8. The molecule has 13 amide bonds. The first-order valence-electron chi connectivity index (χ1n) is 35.7. The second kappa shape index (κ2) is 42.9. The average Bonchev–Trinajstić information content (AvgIpc) is 1.80. The van der Waals surface area contributed by atoms with E-state index >= 15 is 0 Å². The normalized spacial score (nSPS) is 16.6. The fourth-order valence-electron chi connectivity index (χ4n) is 13.0. The minimum absolute atomic E-state index is 0.0238. The SMILES string of the molecule is C=CC(=O)N1CN(C(=O)C=C)CN(C(=O)CCSCC(=O)N[C@H](C(=O)N[C@@H](CCCNC(N)=O)C(=O)Nc2ccc(COC(=O)N(C)[C@H](C(=O)N[C@H](C(=O)N(C)[C@@H]([C@@H](C)CC)[C@@H](CC(=O)N3CCC[C@H]3[C@H](OC)[C@@H](C)C(=O)N[C@@H](Cc3ccccc3)c3nccs3)OC)C(C)C)C(C)C)cc2)C(C)C)C1. The van der Waals surface area contributed by atoms with Gasteiger partial charge in [0.25, 0.3) is 0 Å². The zero-order chi connectivity index (χ0) is 77.8. The Hall–Kier alpha value is -8.94. The number of anilines is 1. The van der Waals surface area contributed by atoms with Gasteiger partial charge in [-0.25, -0.2) is 14.6 Å². The minimum Gasteiger partial charge on any atom is -0.445 e. The lowest BCUT2D eigenvalue weighted by molar-refractivity contribution is -0.154. The van der Waals surface area contributed by atoms with Crippen LogP contribution in [0.4, 0.5) is 15.3 Å². The molecule has 2 aromatic carbocycles. The van der Waals surface area contributed by atoms with Crippen LogP contribution in [0.3, 0.4) is 0 Å². The van der Waals surface area contributed by atoms with Gasteiger partial charge in [0.2, 0.25) is 59.1 Å². The number of nitrogens with one attached hydrogen (secondary N) is 6. The molecule has 8 N–H and O–H groups in total. The summed E-state index contributed by atoms with van der Waals surface area (Å²) in [5.74, 6) is -6.63. The summed E-state index contributed by atoms with van der Waals surface area (Å²) in [4.78, 5) is 176. The molecular formula is C74H110N14O15S2. The summed E-state index contributed by atoms with van der Waals surface area (Å²) in [5.41, 5.74) is 7.14. The maximum atomic E-state index is 14.9. The van der Waals surface area contributed by atoms with Gasteiger partial charge < -0.3 is 76.3 Å². The topological polar surface area (TPSA) is 363 Å². The van der Waals surface area contributed by atoms with Crippen LogP contribution in [0.2, 0.25) is 0 Å². The fourth-order valence-corrected chi connectivity index (χ4v) is 14.4. The van der Waals surface area contributed by atoms with Crippen LogP contribution < -0.4 is 37.6 Å². The quantitative estimate of drug-likeness (QED) is 0.0262. The van der Waals surface area contributed by atoms with Crippen molar-refractivity contribution in [2.24, 2.45) is 35.3 Å². The summed E-state index contributed by atoms with van der Waals surface area (Å²) in [6.45, 7) is 23.4. The number of hydrogen-bond acceptors (Lipinski definition) is 18. The molecule has 2 saturated heterocycles. The maximum absolute atomic E-state index is 14.9. The zero-order valence-corrected chi connectivity index (χ0v) is 64.6. The van der Waals surface area contributed by atoms with Crippen LogP contribution in [0.1, 0.15) is 129 Å². The van der Waals surface area contributed by atoms with Crippen molar-refractivity contribution in [3.8, 4) is 0 Å². The first-order valence-corrected chi connectivity index (χ1v) is 37.7. The van der Waals surface area contributed by atoms with Crippen LogP contribution in [-0.4, -0.2) is 227 Å². The summed E-state index contributed by atoms with van der Waals surface area (Å²) in [6, 6.07) is 9.58. The summed E-state index contributed by atoms with van der Waals surface area (Å²) in [7, 11) is 6.14. The number of benzene rings is 2. The number of urea groups is 1. The van der Waals surface area contributed by atoms with E-state index in [1.165, 1.54) is 45.1 Å². The van der Waals surface area contributed by atoms with Crippen molar-refractivity contribution in [3.63, 3.8) is 0 Å². The number of primary amides is 1. The van der Waals surface area contributed by atoms with Crippen LogP contribution in [0.5, 0.6) is 0 Å². The molecule has 578 valence electrons. The van der Waals surface area contributed by atoms with Crippen molar-refractivity contribution in [1.82, 2.24) is 61.0 Å². The van der Waals surface area contributed by atoms with Crippen LogP contribution >= 0.6 is 23.1 Å². The monoisotopic (exact) mass is 1500 g/mol. The number of likely N-dealkylation sites (tertiary alicyclic amines) is 1. The summed E-state index contributed by atoms with van der Waals surface area (Å²) in [6.07, 6.45) is 4.25. The molecule has 0 spiro atoms. The number of ether oxygens (including phenoxy) is 3. The Morgan fingerprint density at radius 2 is 1.37 bits per heavy atom. The highest BCUT2D eigenvalue weighted by atomic mass is 32.2. The van der Waals surface area contributed by atoms with Gasteiger partial charge in [0.1, 0.15) is 35.8 Å². The van der Waals surface area contributed by atoms with Gasteiger partial charge in [-0.15, -0.1) is 11.3 Å². The number of thioether (sulfide) groups is 1. The van der Waals surface area contributed by atoms with Crippen LogP contribution in [-0.2, 0) is 75.2 Å². The molecule has 3 aromatic rings. The summed E-state index contributed by atoms with van der Waals surface area (Å²) >= 11 is 2.60. The number of amides is 13. The molecule has 0 aliphatic carbocycles. The van der Waals surface area contributed by atoms with E-state index in [0.29, 0.717) is 43.5 Å². The third kappa shape index (κ3) is 25.7. The highest BCUT2D eigenvalue weighted by molar-refractivity contribution is 7.99. The zero-order valence-electron chi connectivity index (χ0n) is 63.0. The molecule has 2 aliphatic rings. The van der Waals surface area contributed by atoms with Crippen molar-refractivity contribution >= 4 is 100.0 Å².